The standard InChI is InChI=1S/C20H20F3N3O3/c1-19(2)11-26(15-8-24-17(20(21,22)23)7-16(15)29-19)14-5-3-4-13(6-14)25-9-12(10-25)18(27)28/h3-8,12H,9-11H2,1-2H3,(H,27,28). The van der Waals surface area contributed by atoms with Gasteiger partial charge in [0.2, 0.25) is 0 Å². The number of aromatic nitrogens is 1. The molecule has 0 aliphatic carbocycles. The van der Waals surface area contributed by atoms with E-state index in [0.29, 0.717) is 25.3 Å². The van der Waals surface area contributed by atoms with Crippen LogP contribution in [0, 0.1) is 5.92 Å². The minimum atomic E-state index is -4.55. The zero-order valence-corrected chi connectivity index (χ0v) is 15.9. The van der Waals surface area contributed by atoms with Gasteiger partial charge in [0.25, 0.3) is 0 Å². The van der Waals surface area contributed by atoms with Crippen LogP contribution in [0.5, 0.6) is 5.75 Å². The number of rotatable bonds is 3. The summed E-state index contributed by atoms with van der Waals surface area (Å²) in [4.78, 5) is 18.5. The second-order valence-electron chi connectivity index (χ2n) is 7.94. The van der Waals surface area contributed by atoms with Gasteiger partial charge in [-0.05, 0) is 32.0 Å². The SMILES string of the molecule is CC1(C)CN(c2cccc(N3CC(C(=O)O)C3)c2)c2cnc(C(F)(F)F)cc2O1. The molecule has 29 heavy (non-hydrogen) atoms. The topological polar surface area (TPSA) is 65.9 Å². The number of hydrogen-bond donors (Lipinski definition) is 1. The van der Waals surface area contributed by atoms with E-state index in [0.717, 1.165) is 17.4 Å². The van der Waals surface area contributed by atoms with Crippen LogP contribution < -0.4 is 14.5 Å². The maximum absolute atomic E-state index is 13.1. The van der Waals surface area contributed by atoms with Gasteiger partial charge in [-0.1, -0.05) is 6.07 Å². The van der Waals surface area contributed by atoms with Gasteiger partial charge in [0.15, 0.2) is 0 Å². The number of fused-ring (bicyclic) bond motifs is 1. The number of alkyl halides is 3. The Labute approximate surface area is 165 Å². The average Bonchev–Trinajstić information content (AvgIpc) is 2.57. The van der Waals surface area contributed by atoms with Crippen molar-refractivity contribution in [2.45, 2.75) is 25.6 Å². The summed E-state index contributed by atoms with van der Waals surface area (Å²) in [7, 11) is 0. The summed E-state index contributed by atoms with van der Waals surface area (Å²) in [6, 6.07) is 8.43. The molecule has 0 saturated carbocycles. The highest BCUT2D eigenvalue weighted by atomic mass is 19.4. The monoisotopic (exact) mass is 407 g/mol. The Morgan fingerprint density at radius 1 is 1.24 bits per heavy atom. The molecule has 1 aromatic heterocycles. The van der Waals surface area contributed by atoms with Crippen molar-refractivity contribution in [3.63, 3.8) is 0 Å². The molecule has 1 saturated heterocycles. The highest BCUT2D eigenvalue weighted by Gasteiger charge is 2.38. The van der Waals surface area contributed by atoms with Crippen molar-refractivity contribution in [3.05, 3.63) is 42.2 Å². The molecular weight excluding hydrogens is 387 g/mol. The minimum absolute atomic E-state index is 0.129. The van der Waals surface area contributed by atoms with Gasteiger partial charge in [0.05, 0.1) is 18.7 Å². The number of benzene rings is 1. The number of nitrogens with zero attached hydrogens (tertiary/aromatic N) is 3. The molecule has 2 aromatic rings. The van der Waals surface area contributed by atoms with Crippen LogP contribution in [0.4, 0.5) is 30.2 Å². The Morgan fingerprint density at radius 3 is 2.59 bits per heavy atom. The molecule has 9 heteroatoms. The summed E-state index contributed by atoms with van der Waals surface area (Å²) < 4.78 is 45.0. The first-order valence-corrected chi connectivity index (χ1v) is 9.15. The second-order valence-corrected chi connectivity index (χ2v) is 7.94. The fraction of sp³-hybridized carbons (Fsp3) is 0.400. The van der Waals surface area contributed by atoms with Gasteiger partial charge < -0.3 is 19.6 Å². The van der Waals surface area contributed by atoms with Crippen LogP contribution in [0.25, 0.3) is 0 Å². The van der Waals surface area contributed by atoms with E-state index < -0.39 is 23.4 Å². The van der Waals surface area contributed by atoms with E-state index in [2.05, 4.69) is 4.98 Å². The maximum Gasteiger partial charge on any atom is 0.433 e. The Balaban J connectivity index is 1.67. The fourth-order valence-corrected chi connectivity index (χ4v) is 3.60. The molecule has 3 heterocycles. The molecule has 6 nitrogen and oxygen atoms in total. The lowest BCUT2D eigenvalue weighted by Crippen LogP contribution is -2.50. The molecule has 0 bridgehead atoms. The molecule has 0 spiro atoms. The van der Waals surface area contributed by atoms with Crippen molar-refractivity contribution in [2.75, 3.05) is 29.4 Å². The number of carboxylic acids is 1. The molecule has 154 valence electrons. The quantitative estimate of drug-likeness (QED) is 0.832. The van der Waals surface area contributed by atoms with E-state index in [1.54, 1.807) is 0 Å². The van der Waals surface area contributed by atoms with Gasteiger partial charge >= 0.3 is 12.1 Å². The number of pyridine rings is 1. The summed E-state index contributed by atoms with van der Waals surface area (Å²) in [5, 5.41) is 9.07. The summed E-state index contributed by atoms with van der Waals surface area (Å²) in [5.41, 5.74) is 0.397. The lowest BCUT2D eigenvalue weighted by molar-refractivity contribution is -0.143. The van der Waals surface area contributed by atoms with Gasteiger partial charge in [-0.3, -0.25) is 4.79 Å². The smallest absolute Gasteiger partial charge is 0.433 e. The summed E-state index contributed by atoms with van der Waals surface area (Å²) >= 11 is 0. The molecule has 0 unspecified atom stereocenters. The van der Waals surface area contributed by atoms with Crippen LogP contribution >= 0.6 is 0 Å². The van der Waals surface area contributed by atoms with Crippen LogP contribution in [0.15, 0.2) is 36.5 Å². The third-order valence-electron chi connectivity index (χ3n) is 5.09. The van der Waals surface area contributed by atoms with Gasteiger partial charge in [0.1, 0.15) is 22.7 Å². The Kier molecular flexibility index (Phi) is 4.36. The van der Waals surface area contributed by atoms with E-state index in [1.165, 1.54) is 6.20 Å². The van der Waals surface area contributed by atoms with E-state index in [-0.39, 0.29) is 11.7 Å². The van der Waals surface area contributed by atoms with Crippen LogP contribution in [0.3, 0.4) is 0 Å². The third kappa shape index (κ3) is 3.68. The minimum Gasteiger partial charge on any atom is -0.484 e. The van der Waals surface area contributed by atoms with Crippen molar-refractivity contribution in [1.29, 1.82) is 0 Å². The molecular formula is C20H20F3N3O3. The first-order valence-electron chi connectivity index (χ1n) is 9.15. The first-order chi connectivity index (χ1) is 13.5. The number of carbonyl (C=O) groups is 1. The fourth-order valence-electron chi connectivity index (χ4n) is 3.60. The molecule has 1 aromatic carbocycles. The number of ether oxygens (including phenoxy) is 1. The molecule has 2 aliphatic rings. The second kappa shape index (κ2) is 6.53. The van der Waals surface area contributed by atoms with E-state index >= 15 is 0 Å². The average molecular weight is 407 g/mol. The van der Waals surface area contributed by atoms with Gasteiger partial charge in [-0.25, -0.2) is 4.98 Å². The summed E-state index contributed by atoms with van der Waals surface area (Å²) in [6.07, 6.45) is -3.37. The zero-order valence-electron chi connectivity index (χ0n) is 15.9. The molecule has 2 aliphatic heterocycles. The van der Waals surface area contributed by atoms with Gasteiger partial charge in [-0.15, -0.1) is 0 Å². The zero-order chi connectivity index (χ0) is 21.0. The van der Waals surface area contributed by atoms with Crippen molar-refractivity contribution in [2.24, 2.45) is 5.92 Å². The number of halogens is 3. The third-order valence-corrected chi connectivity index (χ3v) is 5.09. The molecule has 0 amide bonds. The number of carboxylic acid groups (broad SMARTS) is 1. The largest absolute Gasteiger partial charge is 0.484 e. The molecule has 4 rings (SSSR count). The van der Waals surface area contributed by atoms with Crippen LogP contribution in [0.2, 0.25) is 0 Å². The van der Waals surface area contributed by atoms with Crippen LogP contribution in [-0.4, -0.2) is 41.3 Å². The predicted molar refractivity (Wildman–Crippen MR) is 101 cm³/mol. The molecule has 0 atom stereocenters. The highest BCUT2D eigenvalue weighted by molar-refractivity contribution is 5.76. The van der Waals surface area contributed by atoms with E-state index in [4.69, 9.17) is 9.84 Å². The van der Waals surface area contributed by atoms with Gasteiger partial charge in [-0.2, -0.15) is 13.2 Å². The summed E-state index contributed by atoms with van der Waals surface area (Å²) in [5.74, 6) is -1.07. The first kappa shape index (κ1) is 19.4. The van der Waals surface area contributed by atoms with Crippen LogP contribution in [0.1, 0.15) is 19.5 Å². The van der Waals surface area contributed by atoms with E-state index in [9.17, 15) is 18.0 Å². The normalized spacial score (nSPS) is 18.7. The predicted octanol–water partition coefficient (Wildman–Crippen LogP) is 3.93. The molecule has 1 fully saturated rings. The van der Waals surface area contributed by atoms with Crippen molar-refractivity contribution in [3.8, 4) is 5.75 Å². The van der Waals surface area contributed by atoms with E-state index in [1.807, 2.05) is 47.9 Å². The summed E-state index contributed by atoms with van der Waals surface area (Å²) in [6.45, 7) is 4.91. The molecule has 0 radical (unpaired) electrons. The Hall–Kier alpha value is -2.97. The maximum atomic E-state index is 13.1. The lowest BCUT2D eigenvalue weighted by Gasteiger charge is -2.42. The Bertz CT molecular complexity index is 955. The van der Waals surface area contributed by atoms with Gasteiger partial charge in [0, 0.05) is 30.5 Å². The highest BCUT2D eigenvalue weighted by Crippen LogP contribution is 2.43. The number of hydrogen-bond acceptors (Lipinski definition) is 5. The van der Waals surface area contributed by atoms with Crippen molar-refractivity contribution < 1.29 is 27.8 Å². The number of anilines is 3. The molecule has 1 N–H and O–H groups in total. The van der Waals surface area contributed by atoms with Crippen molar-refractivity contribution in [1.82, 2.24) is 4.98 Å². The lowest BCUT2D eigenvalue weighted by atomic mass is 9.99. The van der Waals surface area contributed by atoms with Crippen LogP contribution in [-0.2, 0) is 11.0 Å². The number of aliphatic carboxylic acids is 1. The Morgan fingerprint density at radius 2 is 1.93 bits per heavy atom. The van der Waals surface area contributed by atoms with Crippen molar-refractivity contribution >= 4 is 23.0 Å².